The summed E-state index contributed by atoms with van der Waals surface area (Å²) in [6.07, 6.45) is 2.58. The standard InChI is InChI=1S/C11H7Cl3N4O2/c12-6-1-5(10(19)7(13)2-6)3-15-17-8-4-16-18-11(20)9(8)14/h1-4,19H,(H2,17,18,20)/b15-3+. The van der Waals surface area contributed by atoms with Gasteiger partial charge in [-0.15, -0.1) is 0 Å². The molecule has 0 amide bonds. The maximum absolute atomic E-state index is 11.2. The molecule has 0 fully saturated rings. The summed E-state index contributed by atoms with van der Waals surface area (Å²) in [5.74, 6) is -0.156. The fraction of sp³-hybridized carbons (Fsp3) is 0. The summed E-state index contributed by atoms with van der Waals surface area (Å²) in [5, 5.41) is 19.7. The van der Waals surface area contributed by atoms with Crippen LogP contribution in [0.15, 0.2) is 28.2 Å². The van der Waals surface area contributed by atoms with E-state index in [4.69, 9.17) is 34.8 Å². The lowest BCUT2D eigenvalue weighted by Crippen LogP contribution is -2.10. The molecular weight excluding hydrogens is 327 g/mol. The van der Waals surface area contributed by atoms with Crippen LogP contribution in [0.4, 0.5) is 5.69 Å². The fourth-order valence-electron chi connectivity index (χ4n) is 1.32. The second kappa shape index (κ2) is 6.13. The zero-order valence-corrected chi connectivity index (χ0v) is 12.0. The largest absolute Gasteiger partial charge is 0.506 e. The maximum atomic E-state index is 11.2. The van der Waals surface area contributed by atoms with Crippen LogP contribution in [0.25, 0.3) is 0 Å². The highest BCUT2D eigenvalue weighted by molar-refractivity contribution is 6.36. The molecule has 0 unspecified atom stereocenters. The third-order valence-electron chi connectivity index (χ3n) is 2.24. The molecule has 0 spiro atoms. The van der Waals surface area contributed by atoms with E-state index in [0.717, 1.165) is 0 Å². The third kappa shape index (κ3) is 3.22. The predicted molar refractivity (Wildman–Crippen MR) is 79.2 cm³/mol. The zero-order valence-electron chi connectivity index (χ0n) is 9.69. The molecule has 2 aromatic rings. The van der Waals surface area contributed by atoms with Gasteiger partial charge < -0.3 is 5.11 Å². The number of anilines is 1. The van der Waals surface area contributed by atoms with Crippen LogP contribution in [0.3, 0.4) is 0 Å². The minimum absolute atomic E-state index is 0.0782. The lowest BCUT2D eigenvalue weighted by Gasteiger charge is -2.03. The number of hydrogen-bond acceptors (Lipinski definition) is 5. The molecule has 0 aliphatic rings. The highest BCUT2D eigenvalue weighted by Crippen LogP contribution is 2.30. The van der Waals surface area contributed by atoms with Crippen molar-refractivity contribution < 1.29 is 5.11 Å². The molecule has 2 rings (SSSR count). The number of aromatic nitrogens is 2. The van der Waals surface area contributed by atoms with Crippen molar-refractivity contribution in [3.05, 3.63) is 49.3 Å². The minimum atomic E-state index is -0.541. The van der Waals surface area contributed by atoms with Crippen molar-refractivity contribution in [1.29, 1.82) is 0 Å². The molecule has 0 aliphatic heterocycles. The Kier molecular flexibility index (Phi) is 4.49. The molecular formula is C11H7Cl3N4O2. The summed E-state index contributed by atoms with van der Waals surface area (Å²) < 4.78 is 0. The molecule has 0 radical (unpaired) electrons. The molecule has 0 saturated heterocycles. The number of phenols is 1. The van der Waals surface area contributed by atoms with E-state index in [1.807, 2.05) is 0 Å². The normalized spacial score (nSPS) is 10.9. The quantitative estimate of drug-likeness (QED) is 0.595. The van der Waals surface area contributed by atoms with E-state index < -0.39 is 5.56 Å². The number of halogens is 3. The number of hydrazone groups is 1. The molecule has 0 bridgehead atoms. The number of benzene rings is 1. The van der Waals surface area contributed by atoms with Gasteiger partial charge in [-0.2, -0.15) is 10.2 Å². The summed E-state index contributed by atoms with van der Waals surface area (Å²) in [6, 6.07) is 2.88. The Hall–Kier alpha value is -1.76. The minimum Gasteiger partial charge on any atom is -0.506 e. The first-order chi connectivity index (χ1) is 9.49. The average molecular weight is 334 g/mol. The molecule has 9 heteroatoms. The van der Waals surface area contributed by atoms with Crippen molar-refractivity contribution in [3.63, 3.8) is 0 Å². The predicted octanol–water partition coefficient (Wildman–Crippen LogP) is 2.88. The summed E-state index contributed by atoms with van der Waals surface area (Å²) in [7, 11) is 0. The number of aromatic amines is 1. The molecule has 0 atom stereocenters. The number of rotatable bonds is 3. The van der Waals surface area contributed by atoms with Crippen LogP contribution >= 0.6 is 34.8 Å². The smallest absolute Gasteiger partial charge is 0.285 e. The molecule has 0 saturated carbocycles. The molecule has 1 heterocycles. The van der Waals surface area contributed by atoms with Crippen molar-refractivity contribution >= 4 is 46.7 Å². The van der Waals surface area contributed by atoms with Crippen molar-refractivity contribution in [2.75, 3.05) is 5.43 Å². The van der Waals surface area contributed by atoms with Crippen LogP contribution in [0, 0.1) is 0 Å². The summed E-state index contributed by atoms with van der Waals surface area (Å²) in [5.41, 5.74) is 2.52. The van der Waals surface area contributed by atoms with E-state index in [1.54, 1.807) is 0 Å². The summed E-state index contributed by atoms with van der Waals surface area (Å²) >= 11 is 17.3. The zero-order chi connectivity index (χ0) is 14.7. The van der Waals surface area contributed by atoms with Crippen molar-refractivity contribution in [1.82, 2.24) is 10.2 Å². The van der Waals surface area contributed by atoms with Crippen LogP contribution in [0.5, 0.6) is 5.75 Å². The van der Waals surface area contributed by atoms with E-state index in [2.05, 4.69) is 20.7 Å². The van der Waals surface area contributed by atoms with Crippen LogP contribution in [0.1, 0.15) is 5.56 Å². The van der Waals surface area contributed by atoms with Gasteiger partial charge in [-0.3, -0.25) is 10.2 Å². The molecule has 6 nitrogen and oxygen atoms in total. The Morgan fingerprint density at radius 2 is 2.10 bits per heavy atom. The first kappa shape index (κ1) is 14.6. The number of aromatic hydroxyl groups is 1. The van der Waals surface area contributed by atoms with Crippen molar-refractivity contribution in [2.24, 2.45) is 5.10 Å². The summed E-state index contributed by atoms with van der Waals surface area (Å²) in [4.78, 5) is 11.2. The van der Waals surface area contributed by atoms with Gasteiger partial charge in [-0.05, 0) is 12.1 Å². The van der Waals surface area contributed by atoms with Gasteiger partial charge in [0.2, 0.25) is 0 Å². The van der Waals surface area contributed by atoms with E-state index in [9.17, 15) is 9.90 Å². The molecule has 104 valence electrons. The topological polar surface area (TPSA) is 90.4 Å². The Morgan fingerprint density at radius 3 is 2.85 bits per heavy atom. The van der Waals surface area contributed by atoms with Crippen LogP contribution in [-0.2, 0) is 0 Å². The second-order valence-corrected chi connectivity index (χ2v) is 4.84. The summed E-state index contributed by atoms with van der Waals surface area (Å²) in [6.45, 7) is 0. The Bertz CT molecular complexity index is 730. The van der Waals surface area contributed by atoms with E-state index in [0.29, 0.717) is 10.6 Å². The van der Waals surface area contributed by atoms with Crippen LogP contribution in [0.2, 0.25) is 15.1 Å². The Morgan fingerprint density at radius 1 is 1.35 bits per heavy atom. The van der Waals surface area contributed by atoms with Gasteiger partial charge in [-0.1, -0.05) is 34.8 Å². The van der Waals surface area contributed by atoms with Crippen LogP contribution < -0.4 is 11.0 Å². The van der Waals surface area contributed by atoms with Gasteiger partial charge in [0.1, 0.15) is 16.5 Å². The molecule has 1 aromatic heterocycles. The van der Waals surface area contributed by atoms with Gasteiger partial charge in [0.25, 0.3) is 5.56 Å². The number of phenolic OH excluding ortho intramolecular Hbond substituents is 1. The lowest BCUT2D eigenvalue weighted by atomic mass is 10.2. The second-order valence-electron chi connectivity index (χ2n) is 3.62. The SMILES string of the molecule is O=c1[nH]ncc(N/N=C/c2cc(Cl)cc(Cl)c2O)c1Cl. The Labute approximate surface area is 128 Å². The van der Waals surface area contributed by atoms with Crippen LogP contribution in [-0.4, -0.2) is 21.5 Å². The third-order valence-corrected chi connectivity index (χ3v) is 3.12. The average Bonchev–Trinajstić information content (AvgIpc) is 2.40. The number of nitrogens with zero attached hydrogens (tertiary/aromatic N) is 2. The highest BCUT2D eigenvalue weighted by Gasteiger charge is 2.06. The number of H-pyrrole nitrogens is 1. The number of nitrogens with one attached hydrogen (secondary N) is 2. The monoisotopic (exact) mass is 332 g/mol. The van der Waals surface area contributed by atoms with Gasteiger partial charge in [0.05, 0.1) is 17.4 Å². The van der Waals surface area contributed by atoms with E-state index in [1.165, 1.54) is 24.5 Å². The molecule has 3 N–H and O–H groups in total. The van der Waals surface area contributed by atoms with Gasteiger partial charge in [0, 0.05) is 10.6 Å². The van der Waals surface area contributed by atoms with Crippen molar-refractivity contribution in [3.8, 4) is 5.75 Å². The van der Waals surface area contributed by atoms with Gasteiger partial charge in [-0.25, -0.2) is 5.10 Å². The number of hydrogen-bond donors (Lipinski definition) is 3. The maximum Gasteiger partial charge on any atom is 0.285 e. The first-order valence-electron chi connectivity index (χ1n) is 5.19. The van der Waals surface area contributed by atoms with E-state index in [-0.39, 0.29) is 21.5 Å². The highest BCUT2D eigenvalue weighted by atomic mass is 35.5. The van der Waals surface area contributed by atoms with Gasteiger partial charge in [0.15, 0.2) is 0 Å². The molecule has 1 aromatic carbocycles. The molecule has 20 heavy (non-hydrogen) atoms. The van der Waals surface area contributed by atoms with Crippen molar-refractivity contribution in [2.45, 2.75) is 0 Å². The van der Waals surface area contributed by atoms with E-state index >= 15 is 0 Å². The fourth-order valence-corrected chi connectivity index (χ4v) is 1.96. The lowest BCUT2D eigenvalue weighted by molar-refractivity contribution is 0.475. The molecule has 0 aliphatic carbocycles. The first-order valence-corrected chi connectivity index (χ1v) is 6.32. The Balaban J connectivity index is 2.23. The van der Waals surface area contributed by atoms with Gasteiger partial charge >= 0.3 is 0 Å².